The molecule has 28 heavy (non-hydrogen) atoms. The largest absolute Gasteiger partial charge is 0.332 e. The smallest absolute Gasteiger partial charge is 0.319 e. The lowest BCUT2D eigenvalue weighted by Crippen LogP contribution is -2.37. The minimum atomic E-state index is -0.477. The minimum Gasteiger partial charge on any atom is -0.319 e. The fourth-order valence-electron chi connectivity index (χ4n) is 2.90. The van der Waals surface area contributed by atoms with E-state index in [2.05, 4.69) is 15.4 Å². The second kappa shape index (κ2) is 6.62. The molecule has 0 saturated heterocycles. The summed E-state index contributed by atoms with van der Waals surface area (Å²) in [5.74, 6) is -0.433. The molecule has 0 fully saturated rings. The quantitative estimate of drug-likeness (QED) is 0.576. The number of carbonyl (C=O) groups excluding carboxylic acids is 1. The average Bonchev–Trinajstić information content (AvgIpc) is 3.22. The zero-order valence-corrected chi connectivity index (χ0v) is 15.2. The standard InChI is InChI=1S/C19H16N6O3/c1-23-16-14(18(27)24(2)19(23)28)10-12(11-20-16)21-17(26)15-8-9-25(22-15)13-6-4-3-5-7-13/h3-11H,1-2H3,(H,21,26). The fraction of sp³-hybridized carbons (Fsp3) is 0.105. The van der Waals surface area contributed by atoms with Gasteiger partial charge in [0.15, 0.2) is 5.69 Å². The molecule has 140 valence electrons. The maximum absolute atomic E-state index is 12.5. The zero-order valence-electron chi connectivity index (χ0n) is 15.2. The van der Waals surface area contributed by atoms with E-state index in [1.165, 1.54) is 30.9 Å². The molecule has 3 heterocycles. The number of hydrogen-bond donors (Lipinski definition) is 1. The van der Waals surface area contributed by atoms with Crippen molar-refractivity contribution in [2.75, 3.05) is 5.32 Å². The van der Waals surface area contributed by atoms with Crippen LogP contribution in [0.15, 0.2) is 64.4 Å². The second-order valence-corrected chi connectivity index (χ2v) is 6.24. The van der Waals surface area contributed by atoms with Crippen LogP contribution in [0.25, 0.3) is 16.7 Å². The summed E-state index contributed by atoms with van der Waals surface area (Å²) in [4.78, 5) is 41.0. The van der Waals surface area contributed by atoms with Crippen LogP contribution in [0.3, 0.4) is 0 Å². The van der Waals surface area contributed by atoms with Crippen LogP contribution in [-0.2, 0) is 14.1 Å². The summed E-state index contributed by atoms with van der Waals surface area (Å²) < 4.78 is 3.88. The van der Waals surface area contributed by atoms with Gasteiger partial charge in [-0.1, -0.05) is 18.2 Å². The zero-order chi connectivity index (χ0) is 19.8. The molecule has 0 aliphatic carbocycles. The van der Waals surface area contributed by atoms with Gasteiger partial charge in [0.25, 0.3) is 11.5 Å². The summed E-state index contributed by atoms with van der Waals surface area (Å²) in [5.41, 5.74) is 0.695. The molecule has 3 aromatic heterocycles. The molecule has 4 aromatic rings. The fourth-order valence-corrected chi connectivity index (χ4v) is 2.90. The average molecular weight is 376 g/mol. The first-order chi connectivity index (χ1) is 13.5. The van der Waals surface area contributed by atoms with Gasteiger partial charge in [-0.25, -0.2) is 14.5 Å². The van der Waals surface area contributed by atoms with Gasteiger partial charge in [-0.3, -0.25) is 18.7 Å². The Bertz CT molecular complexity index is 1320. The summed E-state index contributed by atoms with van der Waals surface area (Å²) in [6.07, 6.45) is 3.09. The molecule has 9 nitrogen and oxygen atoms in total. The van der Waals surface area contributed by atoms with Crippen LogP contribution in [0.1, 0.15) is 10.5 Å². The van der Waals surface area contributed by atoms with Crippen molar-refractivity contribution < 1.29 is 4.79 Å². The second-order valence-electron chi connectivity index (χ2n) is 6.24. The van der Waals surface area contributed by atoms with Gasteiger partial charge in [-0.15, -0.1) is 0 Å². The first kappa shape index (κ1) is 17.4. The van der Waals surface area contributed by atoms with Crippen molar-refractivity contribution in [3.8, 4) is 5.69 Å². The number of rotatable bonds is 3. The molecule has 0 unspecified atom stereocenters. The van der Waals surface area contributed by atoms with E-state index in [0.29, 0.717) is 5.69 Å². The van der Waals surface area contributed by atoms with Crippen molar-refractivity contribution in [3.05, 3.63) is 81.4 Å². The van der Waals surface area contributed by atoms with Crippen molar-refractivity contribution in [2.45, 2.75) is 0 Å². The van der Waals surface area contributed by atoms with Gasteiger partial charge in [-0.2, -0.15) is 5.10 Å². The number of pyridine rings is 1. The highest BCUT2D eigenvalue weighted by molar-refractivity contribution is 6.03. The highest BCUT2D eigenvalue weighted by Crippen LogP contribution is 2.13. The van der Waals surface area contributed by atoms with E-state index < -0.39 is 17.2 Å². The number of aryl methyl sites for hydroxylation is 1. The van der Waals surface area contributed by atoms with Crippen molar-refractivity contribution in [3.63, 3.8) is 0 Å². The topological polar surface area (TPSA) is 104 Å². The predicted octanol–water partition coefficient (Wildman–Crippen LogP) is 1.07. The SMILES string of the molecule is Cn1c(=O)c2cc(NC(=O)c3ccn(-c4ccccc4)n3)cnc2n(C)c1=O. The maximum Gasteiger partial charge on any atom is 0.332 e. The molecule has 0 radical (unpaired) electrons. The van der Waals surface area contributed by atoms with Gasteiger partial charge < -0.3 is 5.32 Å². The van der Waals surface area contributed by atoms with E-state index in [1.807, 2.05) is 30.3 Å². The first-order valence-electron chi connectivity index (χ1n) is 8.44. The first-order valence-corrected chi connectivity index (χ1v) is 8.44. The summed E-state index contributed by atoms with van der Waals surface area (Å²) in [6, 6.07) is 12.5. The Kier molecular flexibility index (Phi) is 4.11. The number of para-hydroxylation sites is 1. The van der Waals surface area contributed by atoms with Crippen molar-refractivity contribution in [2.24, 2.45) is 14.1 Å². The number of carbonyl (C=O) groups is 1. The number of fused-ring (bicyclic) bond motifs is 1. The molecule has 0 saturated carbocycles. The van der Waals surface area contributed by atoms with E-state index in [4.69, 9.17) is 0 Å². The van der Waals surface area contributed by atoms with Gasteiger partial charge in [0, 0.05) is 20.3 Å². The normalized spacial score (nSPS) is 10.9. The number of amides is 1. The number of nitrogens with one attached hydrogen (secondary N) is 1. The summed E-state index contributed by atoms with van der Waals surface area (Å²) in [7, 11) is 2.93. The van der Waals surface area contributed by atoms with Gasteiger partial charge in [-0.05, 0) is 24.3 Å². The van der Waals surface area contributed by atoms with Crippen molar-refractivity contribution in [1.82, 2.24) is 23.9 Å². The van der Waals surface area contributed by atoms with Crippen molar-refractivity contribution in [1.29, 1.82) is 0 Å². The van der Waals surface area contributed by atoms with E-state index in [1.54, 1.807) is 16.9 Å². The van der Waals surface area contributed by atoms with E-state index >= 15 is 0 Å². The highest BCUT2D eigenvalue weighted by atomic mass is 16.2. The van der Waals surface area contributed by atoms with Crippen LogP contribution in [0.4, 0.5) is 5.69 Å². The maximum atomic E-state index is 12.5. The molecular weight excluding hydrogens is 360 g/mol. The van der Waals surface area contributed by atoms with Crippen LogP contribution in [0.5, 0.6) is 0 Å². The number of benzene rings is 1. The molecule has 1 N–H and O–H groups in total. The molecule has 1 amide bonds. The minimum absolute atomic E-state index is 0.220. The third kappa shape index (κ3) is 2.88. The molecule has 1 aromatic carbocycles. The van der Waals surface area contributed by atoms with Crippen LogP contribution in [0, 0.1) is 0 Å². The molecule has 0 atom stereocenters. The molecule has 9 heteroatoms. The summed E-state index contributed by atoms with van der Waals surface area (Å²) in [5, 5.41) is 7.19. The van der Waals surface area contributed by atoms with Crippen LogP contribution in [0.2, 0.25) is 0 Å². The molecule has 0 spiro atoms. The lowest BCUT2D eigenvalue weighted by Gasteiger charge is -2.08. The van der Waals surface area contributed by atoms with Crippen LogP contribution < -0.4 is 16.6 Å². The number of hydrogen-bond acceptors (Lipinski definition) is 5. The monoisotopic (exact) mass is 376 g/mol. The predicted molar refractivity (Wildman–Crippen MR) is 104 cm³/mol. The van der Waals surface area contributed by atoms with Gasteiger partial charge in [0.05, 0.1) is 23.0 Å². The Hall–Kier alpha value is -4.01. The highest BCUT2D eigenvalue weighted by Gasteiger charge is 2.14. The van der Waals surface area contributed by atoms with Crippen LogP contribution in [-0.4, -0.2) is 29.8 Å². The molecule has 4 rings (SSSR count). The Morgan fingerprint density at radius 2 is 1.79 bits per heavy atom. The van der Waals surface area contributed by atoms with Gasteiger partial charge in [0.1, 0.15) is 5.65 Å². The lowest BCUT2D eigenvalue weighted by atomic mass is 10.3. The summed E-state index contributed by atoms with van der Waals surface area (Å²) >= 11 is 0. The lowest BCUT2D eigenvalue weighted by molar-refractivity contribution is 0.102. The third-order valence-electron chi connectivity index (χ3n) is 4.39. The van der Waals surface area contributed by atoms with Crippen molar-refractivity contribution >= 4 is 22.6 Å². The number of aromatic nitrogens is 5. The Balaban J connectivity index is 1.65. The van der Waals surface area contributed by atoms with E-state index in [-0.39, 0.29) is 16.7 Å². The van der Waals surface area contributed by atoms with Gasteiger partial charge in [0.2, 0.25) is 0 Å². The van der Waals surface area contributed by atoms with Crippen LogP contribution >= 0.6 is 0 Å². The summed E-state index contributed by atoms with van der Waals surface area (Å²) in [6.45, 7) is 0. The molecular formula is C19H16N6O3. The third-order valence-corrected chi connectivity index (χ3v) is 4.39. The Morgan fingerprint density at radius 1 is 1.04 bits per heavy atom. The molecule has 0 bridgehead atoms. The Morgan fingerprint density at radius 3 is 2.54 bits per heavy atom. The number of nitrogens with zero attached hydrogens (tertiary/aromatic N) is 5. The van der Waals surface area contributed by atoms with E-state index in [9.17, 15) is 14.4 Å². The molecule has 0 aliphatic heterocycles. The molecule has 0 aliphatic rings. The number of anilines is 1. The Labute approximate surface area is 158 Å². The van der Waals surface area contributed by atoms with E-state index in [0.717, 1.165) is 10.3 Å². The van der Waals surface area contributed by atoms with Gasteiger partial charge >= 0.3 is 5.69 Å².